The maximum absolute atomic E-state index is 2.45. The predicted octanol–water partition coefficient (Wildman–Crippen LogP) is 1.66. The summed E-state index contributed by atoms with van der Waals surface area (Å²) in [6.45, 7) is 4.84. The van der Waals surface area contributed by atoms with Crippen molar-refractivity contribution >= 4 is 6.21 Å². The Bertz CT molecular complexity index is 97.1. The monoisotopic (exact) mass is 126 g/mol. The fourth-order valence-corrected chi connectivity index (χ4v) is 1.24. The molecule has 1 aliphatic rings. The van der Waals surface area contributed by atoms with Crippen LogP contribution in [-0.4, -0.2) is 23.9 Å². The fraction of sp³-hybridized carbons (Fsp3) is 0.875. The van der Waals surface area contributed by atoms with Gasteiger partial charge in [-0.2, -0.15) is 0 Å². The Morgan fingerprint density at radius 2 is 2.00 bits per heavy atom. The van der Waals surface area contributed by atoms with E-state index in [1.165, 1.54) is 38.8 Å². The lowest BCUT2D eigenvalue weighted by molar-refractivity contribution is -0.502. The van der Waals surface area contributed by atoms with Crippen LogP contribution in [0, 0.1) is 0 Å². The molecule has 0 spiro atoms. The van der Waals surface area contributed by atoms with E-state index in [0.717, 1.165) is 0 Å². The van der Waals surface area contributed by atoms with Crippen LogP contribution in [0.5, 0.6) is 0 Å². The van der Waals surface area contributed by atoms with E-state index >= 15 is 0 Å². The molecule has 0 saturated carbocycles. The van der Waals surface area contributed by atoms with Gasteiger partial charge in [-0.3, -0.25) is 0 Å². The Hall–Kier alpha value is -0.330. The van der Waals surface area contributed by atoms with E-state index in [1.54, 1.807) is 0 Å². The average Bonchev–Trinajstić information content (AvgIpc) is 2.34. The minimum Gasteiger partial charge on any atom is -0.240 e. The Morgan fingerprint density at radius 3 is 2.56 bits per heavy atom. The molecule has 0 atom stereocenters. The molecule has 0 aromatic rings. The molecule has 1 rings (SSSR count). The SMILES string of the molecule is CCCC=[N+]1CCCC1. The van der Waals surface area contributed by atoms with Gasteiger partial charge in [-0.05, 0) is 6.42 Å². The molecule has 0 N–H and O–H groups in total. The molecule has 0 aromatic carbocycles. The number of rotatable bonds is 2. The molecule has 1 heterocycles. The highest BCUT2D eigenvalue weighted by Crippen LogP contribution is 2.00. The molecule has 9 heavy (non-hydrogen) atoms. The third-order valence-corrected chi connectivity index (χ3v) is 1.82. The molecule has 1 heteroatoms. The molecule has 0 unspecified atom stereocenters. The Balaban J connectivity index is 2.22. The fourth-order valence-electron chi connectivity index (χ4n) is 1.24. The summed E-state index contributed by atoms with van der Waals surface area (Å²) in [5.41, 5.74) is 0. The second-order valence-corrected chi connectivity index (χ2v) is 2.71. The normalized spacial score (nSPS) is 18.6. The van der Waals surface area contributed by atoms with Gasteiger partial charge in [0.2, 0.25) is 0 Å². The van der Waals surface area contributed by atoms with Gasteiger partial charge in [0.15, 0.2) is 0 Å². The van der Waals surface area contributed by atoms with Crippen LogP contribution in [0.1, 0.15) is 32.6 Å². The van der Waals surface area contributed by atoms with Gasteiger partial charge >= 0.3 is 0 Å². The van der Waals surface area contributed by atoms with E-state index < -0.39 is 0 Å². The lowest BCUT2D eigenvalue weighted by atomic mass is 10.4. The van der Waals surface area contributed by atoms with Crippen LogP contribution in [0.2, 0.25) is 0 Å². The van der Waals surface area contributed by atoms with Gasteiger partial charge in [-0.25, -0.2) is 4.58 Å². The Kier molecular flexibility index (Phi) is 2.75. The Labute approximate surface area is 57.4 Å². The number of unbranched alkanes of at least 4 members (excludes halogenated alkanes) is 1. The topological polar surface area (TPSA) is 3.01 Å². The van der Waals surface area contributed by atoms with Crippen LogP contribution in [-0.2, 0) is 0 Å². The zero-order valence-corrected chi connectivity index (χ0v) is 6.27. The molecule has 0 aromatic heterocycles. The number of nitrogens with zero attached hydrogens (tertiary/aromatic N) is 1. The molecule has 1 saturated heterocycles. The molecule has 0 amide bonds. The van der Waals surface area contributed by atoms with E-state index in [0.29, 0.717) is 0 Å². The first kappa shape index (κ1) is 6.79. The number of hydrogen-bond donors (Lipinski definition) is 0. The molecule has 1 nitrogen and oxygen atoms in total. The van der Waals surface area contributed by atoms with Gasteiger partial charge in [0.1, 0.15) is 19.3 Å². The van der Waals surface area contributed by atoms with E-state index in [-0.39, 0.29) is 0 Å². The van der Waals surface area contributed by atoms with Crippen molar-refractivity contribution in [1.82, 2.24) is 0 Å². The van der Waals surface area contributed by atoms with Gasteiger partial charge in [-0.1, -0.05) is 6.92 Å². The van der Waals surface area contributed by atoms with Crippen molar-refractivity contribution in [2.24, 2.45) is 0 Å². The first-order valence-corrected chi connectivity index (χ1v) is 4.01. The standard InChI is InChI=1S/C8H16N/c1-2-3-6-9-7-4-5-8-9/h6H,2-5,7-8H2,1H3/q+1. The zero-order valence-electron chi connectivity index (χ0n) is 6.27. The lowest BCUT2D eigenvalue weighted by Crippen LogP contribution is -2.06. The molecule has 0 aliphatic carbocycles. The largest absolute Gasteiger partial charge is 0.240 e. The minimum absolute atomic E-state index is 1.26. The zero-order chi connectivity index (χ0) is 6.53. The minimum atomic E-state index is 1.26. The van der Waals surface area contributed by atoms with Gasteiger partial charge in [0, 0.05) is 19.3 Å². The van der Waals surface area contributed by atoms with Crippen molar-refractivity contribution < 1.29 is 4.58 Å². The number of hydrogen-bond acceptors (Lipinski definition) is 0. The summed E-state index contributed by atoms with van der Waals surface area (Å²) in [7, 11) is 0. The summed E-state index contributed by atoms with van der Waals surface area (Å²) in [4.78, 5) is 0. The van der Waals surface area contributed by atoms with Crippen molar-refractivity contribution in [1.29, 1.82) is 0 Å². The average molecular weight is 126 g/mol. The summed E-state index contributed by atoms with van der Waals surface area (Å²) >= 11 is 0. The van der Waals surface area contributed by atoms with Crippen LogP contribution in [0.15, 0.2) is 0 Å². The molecule has 1 aliphatic heterocycles. The highest BCUT2D eigenvalue weighted by molar-refractivity contribution is 5.50. The van der Waals surface area contributed by atoms with Gasteiger partial charge < -0.3 is 0 Å². The van der Waals surface area contributed by atoms with Crippen LogP contribution < -0.4 is 0 Å². The molecule has 52 valence electrons. The summed E-state index contributed by atoms with van der Waals surface area (Å²) in [6.07, 6.45) is 7.71. The van der Waals surface area contributed by atoms with Crippen molar-refractivity contribution in [3.8, 4) is 0 Å². The highest BCUT2D eigenvalue weighted by Gasteiger charge is 2.10. The third-order valence-electron chi connectivity index (χ3n) is 1.82. The third kappa shape index (κ3) is 2.17. The van der Waals surface area contributed by atoms with Crippen molar-refractivity contribution in [2.45, 2.75) is 32.6 Å². The molecular formula is C8H16N+. The molecule has 0 bridgehead atoms. The van der Waals surface area contributed by atoms with E-state index in [9.17, 15) is 0 Å². The van der Waals surface area contributed by atoms with Crippen molar-refractivity contribution in [3.05, 3.63) is 0 Å². The van der Waals surface area contributed by atoms with Gasteiger partial charge in [0.25, 0.3) is 0 Å². The molecule has 1 fully saturated rings. The van der Waals surface area contributed by atoms with Gasteiger partial charge in [0.05, 0.1) is 0 Å². The van der Waals surface area contributed by atoms with Crippen molar-refractivity contribution in [2.75, 3.05) is 13.1 Å². The van der Waals surface area contributed by atoms with E-state index in [2.05, 4.69) is 17.7 Å². The van der Waals surface area contributed by atoms with Crippen molar-refractivity contribution in [3.63, 3.8) is 0 Å². The second-order valence-electron chi connectivity index (χ2n) is 2.71. The second kappa shape index (κ2) is 3.65. The first-order chi connectivity index (χ1) is 4.43. The predicted molar refractivity (Wildman–Crippen MR) is 40.2 cm³/mol. The molecule has 0 radical (unpaired) electrons. The van der Waals surface area contributed by atoms with Crippen LogP contribution in [0.25, 0.3) is 0 Å². The van der Waals surface area contributed by atoms with Crippen LogP contribution in [0.4, 0.5) is 0 Å². The maximum Gasteiger partial charge on any atom is 0.142 e. The van der Waals surface area contributed by atoms with Crippen LogP contribution >= 0.6 is 0 Å². The van der Waals surface area contributed by atoms with Gasteiger partial charge in [-0.15, -0.1) is 0 Å². The summed E-state index contributed by atoms with van der Waals surface area (Å²) in [5, 5.41) is 0. The first-order valence-electron chi connectivity index (χ1n) is 4.01. The smallest absolute Gasteiger partial charge is 0.142 e. The Morgan fingerprint density at radius 1 is 1.33 bits per heavy atom. The quantitative estimate of drug-likeness (QED) is 0.495. The van der Waals surface area contributed by atoms with E-state index in [4.69, 9.17) is 0 Å². The lowest BCUT2D eigenvalue weighted by Gasteiger charge is -1.88. The van der Waals surface area contributed by atoms with Crippen LogP contribution in [0.3, 0.4) is 0 Å². The maximum atomic E-state index is 2.45. The highest BCUT2D eigenvalue weighted by atomic mass is 15.0. The van der Waals surface area contributed by atoms with E-state index in [1.807, 2.05) is 0 Å². The summed E-state index contributed by atoms with van der Waals surface area (Å²) in [6, 6.07) is 0. The molecular weight excluding hydrogens is 110 g/mol. The summed E-state index contributed by atoms with van der Waals surface area (Å²) < 4.78 is 2.45. The summed E-state index contributed by atoms with van der Waals surface area (Å²) in [5.74, 6) is 0.